The van der Waals surface area contributed by atoms with Crippen LogP contribution in [0.2, 0.25) is 0 Å². The molecule has 0 radical (unpaired) electrons. The van der Waals surface area contributed by atoms with Crippen molar-refractivity contribution in [3.8, 4) is 0 Å². The van der Waals surface area contributed by atoms with Gasteiger partial charge in [0.05, 0.1) is 6.42 Å². The van der Waals surface area contributed by atoms with Gasteiger partial charge in [0, 0.05) is 38.8 Å². The number of carbonyl (C=O) groups excluding carboxylic acids is 1. The quantitative estimate of drug-likeness (QED) is 0.774. The predicted octanol–water partition coefficient (Wildman–Crippen LogP) is 2.82. The van der Waals surface area contributed by atoms with Gasteiger partial charge in [-0.15, -0.1) is 0 Å². The van der Waals surface area contributed by atoms with Crippen LogP contribution in [0.15, 0.2) is 5.16 Å². The molecule has 8 heteroatoms. The van der Waals surface area contributed by atoms with Gasteiger partial charge in [0.2, 0.25) is 5.91 Å². The van der Waals surface area contributed by atoms with E-state index in [1.165, 1.54) is 4.90 Å². The van der Waals surface area contributed by atoms with E-state index in [1.54, 1.807) is 0 Å². The van der Waals surface area contributed by atoms with Gasteiger partial charge in [-0.2, -0.15) is 13.2 Å². The van der Waals surface area contributed by atoms with E-state index in [0.29, 0.717) is 32.4 Å². The lowest BCUT2D eigenvalue weighted by atomic mass is 9.89. The number of rotatable bonds is 2. The minimum Gasteiger partial charge on any atom is -0.388 e. The highest BCUT2D eigenvalue weighted by Crippen LogP contribution is 2.36. The van der Waals surface area contributed by atoms with Crippen LogP contribution in [-0.4, -0.2) is 40.3 Å². The van der Waals surface area contributed by atoms with Crippen molar-refractivity contribution in [1.82, 2.24) is 4.90 Å². The molecule has 19 heavy (non-hydrogen) atoms. The third-order valence-corrected chi connectivity index (χ3v) is 3.88. The van der Waals surface area contributed by atoms with Crippen LogP contribution in [0.5, 0.6) is 0 Å². The maximum atomic E-state index is 12.1. The molecule has 0 atom stereocenters. The number of carbonyl (C=O) groups is 1. The number of halogens is 4. The smallest absolute Gasteiger partial charge is 0.388 e. The fraction of sp³-hybridized carbons (Fsp3) is 0.818. The highest BCUT2D eigenvalue weighted by Gasteiger charge is 2.42. The maximum absolute atomic E-state index is 12.1. The minimum absolute atomic E-state index is 0.375. The Balaban J connectivity index is 1.79. The number of oxime groups is 1. The molecule has 0 bridgehead atoms. The Labute approximate surface area is 117 Å². The SMILES string of the molecule is O=C(CCC(F)(F)F)N1CCC2(CC1)CC(Br)=NO2. The summed E-state index contributed by atoms with van der Waals surface area (Å²) in [6.45, 7) is 0.846. The normalized spacial score (nSPS) is 22.3. The average molecular weight is 343 g/mol. The van der Waals surface area contributed by atoms with Gasteiger partial charge < -0.3 is 9.74 Å². The van der Waals surface area contributed by atoms with Crippen molar-refractivity contribution in [2.24, 2.45) is 5.16 Å². The highest BCUT2D eigenvalue weighted by atomic mass is 79.9. The van der Waals surface area contributed by atoms with Crippen LogP contribution >= 0.6 is 15.9 Å². The third kappa shape index (κ3) is 3.84. The summed E-state index contributed by atoms with van der Waals surface area (Å²) < 4.78 is 36.9. The Morgan fingerprint density at radius 2 is 2.05 bits per heavy atom. The third-order valence-electron chi connectivity index (χ3n) is 3.46. The van der Waals surface area contributed by atoms with Gasteiger partial charge in [-0.1, -0.05) is 5.16 Å². The molecule has 108 valence electrons. The van der Waals surface area contributed by atoms with Crippen LogP contribution in [0, 0.1) is 0 Å². The predicted molar refractivity (Wildman–Crippen MR) is 65.9 cm³/mol. The molecule has 2 heterocycles. The van der Waals surface area contributed by atoms with E-state index in [1.807, 2.05) is 0 Å². The molecule has 0 N–H and O–H groups in total. The van der Waals surface area contributed by atoms with Crippen molar-refractivity contribution < 1.29 is 22.8 Å². The van der Waals surface area contributed by atoms with E-state index in [9.17, 15) is 18.0 Å². The zero-order valence-corrected chi connectivity index (χ0v) is 11.8. The van der Waals surface area contributed by atoms with Crippen molar-refractivity contribution in [3.05, 3.63) is 0 Å². The lowest BCUT2D eigenvalue weighted by molar-refractivity contribution is -0.152. The molecule has 1 fully saturated rings. The van der Waals surface area contributed by atoms with Crippen LogP contribution < -0.4 is 0 Å². The summed E-state index contributed by atoms with van der Waals surface area (Å²) in [6, 6.07) is 0. The molecule has 0 unspecified atom stereocenters. The summed E-state index contributed by atoms with van der Waals surface area (Å²) in [6.07, 6.45) is -3.94. The number of piperidine rings is 1. The van der Waals surface area contributed by atoms with Crippen molar-refractivity contribution in [1.29, 1.82) is 0 Å². The van der Waals surface area contributed by atoms with Crippen LogP contribution in [0.3, 0.4) is 0 Å². The Kier molecular flexibility index (Phi) is 4.08. The molecule has 4 nitrogen and oxygen atoms in total. The van der Waals surface area contributed by atoms with Gasteiger partial charge >= 0.3 is 6.18 Å². The Morgan fingerprint density at radius 3 is 2.53 bits per heavy atom. The largest absolute Gasteiger partial charge is 0.389 e. The molecule has 0 aromatic heterocycles. The van der Waals surface area contributed by atoms with E-state index in [2.05, 4.69) is 21.1 Å². The summed E-state index contributed by atoms with van der Waals surface area (Å²) in [5.74, 6) is -0.440. The van der Waals surface area contributed by atoms with Crippen molar-refractivity contribution in [3.63, 3.8) is 0 Å². The van der Waals surface area contributed by atoms with E-state index < -0.39 is 24.9 Å². The Bertz CT molecular complexity index is 390. The fourth-order valence-electron chi connectivity index (χ4n) is 2.32. The summed E-state index contributed by atoms with van der Waals surface area (Å²) in [5.41, 5.74) is -0.375. The first-order chi connectivity index (χ1) is 8.80. The molecule has 0 saturated carbocycles. The summed E-state index contributed by atoms with van der Waals surface area (Å²) >= 11 is 3.26. The van der Waals surface area contributed by atoms with Crippen molar-refractivity contribution in [2.75, 3.05) is 13.1 Å². The van der Waals surface area contributed by atoms with Gasteiger partial charge in [-0.25, -0.2) is 0 Å². The van der Waals surface area contributed by atoms with Crippen LogP contribution in [-0.2, 0) is 9.63 Å². The number of alkyl halides is 3. The second-order valence-corrected chi connectivity index (χ2v) is 5.83. The number of amides is 1. The van der Waals surface area contributed by atoms with E-state index in [-0.39, 0.29) is 5.60 Å². The maximum Gasteiger partial charge on any atom is 0.389 e. The van der Waals surface area contributed by atoms with Crippen molar-refractivity contribution >= 4 is 26.5 Å². The average Bonchev–Trinajstić information content (AvgIpc) is 2.68. The lowest BCUT2D eigenvalue weighted by Crippen LogP contribution is -2.46. The van der Waals surface area contributed by atoms with E-state index in [4.69, 9.17) is 4.84 Å². The molecular weight excluding hydrogens is 329 g/mol. The van der Waals surface area contributed by atoms with Crippen LogP contribution in [0.25, 0.3) is 0 Å². The molecule has 1 saturated heterocycles. The van der Waals surface area contributed by atoms with E-state index in [0.717, 1.165) is 4.62 Å². The number of nitrogens with zero attached hydrogens (tertiary/aromatic N) is 2. The molecule has 1 amide bonds. The second-order valence-electron chi connectivity index (χ2n) is 4.91. The highest BCUT2D eigenvalue weighted by molar-refractivity contribution is 9.18. The molecule has 2 aliphatic heterocycles. The summed E-state index contributed by atoms with van der Waals surface area (Å²) in [4.78, 5) is 18.5. The molecule has 1 spiro atoms. The molecule has 2 rings (SSSR count). The van der Waals surface area contributed by atoms with E-state index >= 15 is 0 Å². The van der Waals surface area contributed by atoms with Gasteiger partial charge in [0.15, 0.2) is 0 Å². The van der Waals surface area contributed by atoms with Crippen molar-refractivity contribution in [2.45, 2.75) is 43.9 Å². The van der Waals surface area contributed by atoms with Gasteiger partial charge in [-0.3, -0.25) is 4.79 Å². The van der Waals surface area contributed by atoms with Gasteiger partial charge in [-0.05, 0) is 15.9 Å². The summed E-state index contributed by atoms with van der Waals surface area (Å²) in [7, 11) is 0. The molecule has 2 aliphatic rings. The minimum atomic E-state index is -4.28. The number of hydrogen-bond acceptors (Lipinski definition) is 3. The van der Waals surface area contributed by atoms with Crippen LogP contribution in [0.4, 0.5) is 13.2 Å². The molecule has 0 aliphatic carbocycles. The first kappa shape index (κ1) is 14.6. The zero-order valence-electron chi connectivity index (χ0n) is 10.2. The number of hydrogen-bond donors (Lipinski definition) is 0. The van der Waals surface area contributed by atoms with Crippen LogP contribution in [0.1, 0.15) is 32.1 Å². The molecule has 0 aromatic carbocycles. The number of likely N-dealkylation sites (tertiary alicyclic amines) is 1. The zero-order chi connectivity index (χ0) is 14.1. The molecular formula is C11H14BrF3N2O2. The second kappa shape index (κ2) is 5.30. The van der Waals surface area contributed by atoms with Gasteiger partial charge in [0.1, 0.15) is 10.2 Å². The standard InChI is InChI=1S/C11H14BrF3N2O2/c12-8-7-10(19-16-8)3-5-17(6-4-10)9(18)1-2-11(13,14)15/h1-7H2. The first-order valence-corrected chi connectivity index (χ1v) is 6.84. The molecule has 0 aromatic rings. The fourth-order valence-corrected chi connectivity index (χ4v) is 2.90. The van der Waals surface area contributed by atoms with Gasteiger partial charge in [0.25, 0.3) is 0 Å². The summed E-state index contributed by atoms with van der Waals surface area (Å²) in [5, 5.41) is 3.83. The lowest BCUT2D eigenvalue weighted by Gasteiger charge is -2.37. The first-order valence-electron chi connectivity index (χ1n) is 6.05. The topological polar surface area (TPSA) is 41.9 Å². The Hall–Kier alpha value is -0.790. The Morgan fingerprint density at radius 1 is 1.42 bits per heavy atom. The monoisotopic (exact) mass is 342 g/mol.